The molecule has 1 N–H and O–H groups in total. The molecule has 0 bridgehead atoms. The minimum Gasteiger partial charge on any atom is -0.357 e. The molecule has 0 fully saturated rings. The standard InChI is InChI=1S/C17H25FN6/c1-4-16-22-21-13-24(16)10-9-20-17(19-5-2)23(3)12-14-7-6-8-15(18)11-14/h6-8,11,13H,4-5,9-10,12H2,1-3H3,(H,19,20). The van der Waals surface area contributed by atoms with Gasteiger partial charge < -0.3 is 14.8 Å². The first-order valence-electron chi connectivity index (χ1n) is 8.24. The van der Waals surface area contributed by atoms with Crippen LogP contribution in [0.5, 0.6) is 0 Å². The molecule has 0 amide bonds. The first kappa shape index (κ1) is 17.9. The maximum atomic E-state index is 13.3. The van der Waals surface area contributed by atoms with Crippen LogP contribution in [0.1, 0.15) is 25.2 Å². The largest absolute Gasteiger partial charge is 0.357 e. The lowest BCUT2D eigenvalue weighted by Gasteiger charge is -2.22. The van der Waals surface area contributed by atoms with Crippen LogP contribution in [0, 0.1) is 5.82 Å². The van der Waals surface area contributed by atoms with Crippen LogP contribution in [0.3, 0.4) is 0 Å². The molecule has 0 saturated carbocycles. The number of nitrogens with one attached hydrogen (secondary N) is 1. The molecular weight excluding hydrogens is 307 g/mol. The Bertz CT molecular complexity index is 667. The zero-order valence-electron chi connectivity index (χ0n) is 14.5. The fourth-order valence-electron chi connectivity index (χ4n) is 2.46. The second-order valence-corrected chi connectivity index (χ2v) is 5.52. The molecule has 130 valence electrons. The quantitative estimate of drug-likeness (QED) is 0.623. The first-order valence-corrected chi connectivity index (χ1v) is 8.24. The van der Waals surface area contributed by atoms with Crippen LogP contribution in [-0.4, -0.2) is 45.8 Å². The SMILES string of the molecule is CCNC(=NCCn1cnnc1CC)N(C)Cc1cccc(F)c1. The van der Waals surface area contributed by atoms with Crippen LogP contribution < -0.4 is 5.32 Å². The number of hydrogen-bond acceptors (Lipinski definition) is 3. The molecule has 6 nitrogen and oxygen atoms in total. The molecular formula is C17H25FN6. The summed E-state index contributed by atoms with van der Waals surface area (Å²) >= 11 is 0. The second kappa shape index (κ2) is 9.00. The van der Waals surface area contributed by atoms with Gasteiger partial charge in [0, 0.05) is 33.1 Å². The maximum Gasteiger partial charge on any atom is 0.194 e. The van der Waals surface area contributed by atoms with Gasteiger partial charge in [-0.15, -0.1) is 10.2 Å². The van der Waals surface area contributed by atoms with Crippen LogP contribution in [0.15, 0.2) is 35.6 Å². The van der Waals surface area contributed by atoms with E-state index in [1.165, 1.54) is 6.07 Å². The summed E-state index contributed by atoms with van der Waals surface area (Å²) in [5.41, 5.74) is 0.912. The third kappa shape index (κ3) is 5.04. The van der Waals surface area contributed by atoms with Crippen molar-refractivity contribution in [2.24, 2.45) is 4.99 Å². The van der Waals surface area contributed by atoms with Gasteiger partial charge >= 0.3 is 0 Å². The van der Waals surface area contributed by atoms with E-state index in [4.69, 9.17) is 0 Å². The summed E-state index contributed by atoms with van der Waals surface area (Å²) in [5, 5.41) is 11.3. The predicted molar refractivity (Wildman–Crippen MR) is 93.2 cm³/mol. The number of benzene rings is 1. The summed E-state index contributed by atoms with van der Waals surface area (Å²) in [7, 11) is 1.95. The summed E-state index contributed by atoms with van der Waals surface area (Å²) in [5.74, 6) is 1.54. The van der Waals surface area contributed by atoms with Gasteiger partial charge in [0.2, 0.25) is 0 Å². The van der Waals surface area contributed by atoms with Crippen LogP contribution in [0.2, 0.25) is 0 Å². The smallest absolute Gasteiger partial charge is 0.194 e. The number of guanidine groups is 1. The van der Waals surface area contributed by atoms with Crippen molar-refractivity contribution in [1.29, 1.82) is 0 Å². The fourth-order valence-corrected chi connectivity index (χ4v) is 2.46. The molecule has 0 unspecified atom stereocenters. The molecule has 1 aromatic heterocycles. The number of rotatable bonds is 7. The van der Waals surface area contributed by atoms with Crippen LogP contribution in [-0.2, 0) is 19.5 Å². The molecule has 2 aromatic rings. The Morgan fingerprint density at radius 3 is 2.92 bits per heavy atom. The van der Waals surface area contributed by atoms with E-state index in [2.05, 4.69) is 27.4 Å². The van der Waals surface area contributed by atoms with Gasteiger partial charge in [-0.05, 0) is 24.6 Å². The Balaban J connectivity index is 1.98. The van der Waals surface area contributed by atoms with Gasteiger partial charge in [0.15, 0.2) is 5.96 Å². The Kier molecular flexibility index (Phi) is 6.72. The molecule has 7 heteroatoms. The van der Waals surface area contributed by atoms with Crippen molar-refractivity contribution in [3.63, 3.8) is 0 Å². The lowest BCUT2D eigenvalue weighted by molar-refractivity contribution is 0.473. The summed E-state index contributed by atoms with van der Waals surface area (Å²) in [6.07, 6.45) is 2.58. The molecule has 1 aromatic carbocycles. The van der Waals surface area contributed by atoms with Gasteiger partial charge in [0.25, 0.3) is 0 Å². The van der Waals surface area contributed by atoms with Gasteiger partial charge in [-0.3, -0.25) is 4.99 Å². The Morgan fingerprint density at radius 2 is 2.21 bits per heavy atom. The highest BCUT2D eigenvalue weighted by Gasteiger charge is 2.07. The minimum absolute atomic E-state index is 0.220. The number of aryl methyl sites for hydroxylation is 1. The average Bonchev–Trinajstić information content (AvgIpc) is 3.01. The topological polar surface area (TPSA) is 58.3 Å². The van der Waals surface area contributed by atoms with E-state index in [0.29, 0.717) is 13.1 Å². The van der Waals surface area contributed by atoms with Crippen molar-refractivity contribution in [2.75, 3.05) is 20.1 Å². The number of halogens is 1. The Labute approximate surface area is 142 Å². The normalized spacial score (nSPS) is 11.6. The molecule has 24 heavy (non-hydrogen) atoms. The number of hydrogen-bond donors (Lipinski definition) is 1. The van der Waals surface area contributed by atoms with Crippen molar-refractivity contribution < 1.29 is 4.39 Å². The second-order valence-electron chi connectivity index (χ2n) is 5.52. The average molecular weight is 332 g/mol. The highest BCUT2D eigenvalue weighted by Crippen LogP contribution is 2.06. The van der Waals surface area contributed by atoms with Crippen molar-refractivity contribution in [1.82, 2.24) is 25.0 Å². The summed E-state index contributed by atoms with van der Waals surface area (Å²) in [4.78, 5) is 6.63. The molecule has 0 spiro atoms. The third-order valence-electron chi connectivity index (χ3n) is 3.62. The van der Waals surface area contributed by atoms with Gasteiger partial charge in [-0.1, -0.05) is 19.1 Å². The molecule has 0 radical (unpaired) electrons. The summed E-state index contributed by atoms with van der Waals surface area (Å²) in [6.45, 7) is 6.82. The zero-order chi connectivity index (χ0) is 17.4. The predicted octanol–water partition coefficient (Wildman–Crippen LogP) is 2.08. The van der Waals surface area contributed by atoms with E-state index in [1.54, 1.807) is 18.5 Å². The molecule has 0 aliphatic heterocycles. The van der Waals surface area contributed by atoms with E-state index in [1.807, 2.05) is 29.5 Å². The third-order valence-corrected chi connectivity index (χ3v) is 3.62. The lowest BCUT2D eigenvalue weighted by Crippen LogP contribution is -2.38. The van der Waals surface area contributed by atoms with E-state index < -0.39 is 0 Å². The van der Waals surface area contributed by atoms with Crippen LogP contribution in [0.25, 0.3) is 0 Å². The minimum atomic E-state index is -0.220. The number of aromatic nitrogens is 3. The van der Waals surface area contributed by atoms with E-state index >= 15 is 0 Å². The molecule has 1 heterocycles. The lowest BCUT2D eigenvalue weighted by atomic mass is 10.2. The van der Waals surface area contributed by atoms with E-state index in [-0.39, 0.29) is 5.82 Å². The fraction of sp³-hybridized carbons (Fsp3) is 0.471. The number of nitrogens with zero attached hydrogens (tertiary/aromatic N) is 5. The summed E-state index contributed by atoms with van der Waals surface area (Å²) < 4.78 is 15.3. The molecule has 0 atom stereocenters. The van der Waals surface area contributed by atoms with Crippen molar-refractivity contribution in [3.8, 4) is 0 Å². The highest BCUT2D eigenvalue weighted by atomic mass is 19.1. The maximum absolute atomic E-state index is 13.3. The molecule has 0 saturated heterocycles. The van der Waals surface area contributed by atoms with E-state index in [0.717, 1.165) is 36.9 Å². The number of aliphatic imine (C=N–C) groups is 1. The summed E-state index contributed by atoms with van der Waals surface area (Å²) in [6, 6.07) is 6.63. The van der Waals surface area contributed by atoms with Gasteiger partial charge in [0.05, 0.1) is 6.54 Å². The molecule has 2 rings (SSSR count). The first-order chi connectivity index (χ1) is 11.6. The van der Waals surface area contributed by atoms with Gasteiger partial charge in [0.1, 0.15) is 18.0 Å². The Hall–Kier alpha value is -2.44. The highest BCUT2D eigenvalue weighted by molar-refractivity contribution is 5.79. The van der Waals surface area contributed by atoms with Crippen LogP contribution >= 0.6 is 0 Å². The van der Waals surface area contributed by atoms with Crippen molar-refractivity contribution >= 4 is 5.96 Å². The van der Waals surface area contributed by atoms with Crippen LogP contribution in [0.4, 0.5) is 4.39 Å². The van der Waals surface area contributed by atoms with Crippen molar-refractivity contribution in [2.45, 2.75) is 33.4 Å². The molecule has 0 aliphatic carbocycles. The monoisotopic (exact) mass is 332 g/mol. The van der Waals surface area contributed by atoms with Crippen molar-refractivity contribution in [3.05, 3.63) is 47.8 Å². The van der Waals surface area contributed by atoms with Gasteiger partial charge in [-0.25, -0.2) is 4.39 Å². The van der Waals surface area contributed by atoms with Gasteiger partial charge in [-0.2, -0.15) is 0 Å². The Morgan fingerprint density at radius 1 is 1.38 bits per heavy atom. The zero-order valence-corrected chi connectivity index (χ0v) is 14.5. The molecule has 0 aliphatic rings. The van der Waals surface area contributed by atoms with E-state index in [9.17, 15) is 4.39 Å².